The van der Waals surface area contributed by atoms with Crippen LogP contribution < -0.4 is 5.32 Å². The second kappa shape index (κ2) is 6.85. The lowest BCUT2D eigenvalue weighted by Gasteiger charge is -2.20. The van der Waals surface area contributed by atoms with Crippen LogP contribution in [-0.2, 0) is 9.53 Å². The number of hydrogen-bond acceptors (Lipinski definition) is 5. The molecule has 0 saturated heterocycles. The number of esters is 1. The number of carbonyl (C=O) groups excluding carboxylic acids is 1. The summed E-state index contributed by atoms with van der Waals surface area (Å²) in [4.78, 5) is 18.4. The molecule has 6 nitrogen and oxygen atoms in total. The summed E-state index contributed by atoms with van der Waals surface area (Å²) in [6.07, 6.45) is 5.91. The molecular weight excluding hydrogens is 256 g/mol. The highest BCUT2D eigenvalue weighted by molar-refractivity contribution is 5.77. The van der Waals surface area contributed by atoms with Crippen LogP contribution in [0.25, 0.3) is 0 Å². The van der Waals surface area contributed by atoms with Crippen molar-refractivity contribution in [2.75, 3.05) is 33.8 Å². The maximum Gasteiger partial charge on any atom is 0.329 e. The molecule has 1 heterocycles. The lowest BCUT2D eigenvalue weighted by atomic mass is 10.2. The zero-order valence-corrected chi connectivity index (χ0v) is 12.5. The van der Waals surface area contributed by atoms with E-state index >= 15 is 0 Å². The number of aromatic nitrogens is 2. The molecule has 1 N–H and O–H groups in total. The minimum Gasteiger partial charge on any atom is -0.465 e. The highest BCUT2D eigenvalue weighted by Gasteiger charge is 2.31. The van der Waals surface area contributed by atoms with Gasteiger partial charge in [-0.3, -0.25) is 5.32 Å². The van der Waals surface area contributed by atoms with E-state index in [1.807, 2.05) is 27.3 Å². The average molecular weight is 280 g/mol. The van der Waals surface area contributed by atoms with E-state index in [9.17, 15) is 4.79 Å². The summed E-state index contributed by atoms with van der Waals surface area (Å²) < 4.78 is 7.29. The highest BCUT2D eigenvalue weighted by Crippen LogP contribution is 2.37. The van der Waals surface area contributed by atoms with Crippen LogP contribution in [0.1, 0.15) is 37.5 Å². The number of rotatable bonds is 8. The summed E-state index contributed by atoms with van der Waals surface area (Å²) in [6.45, 7) is 3.81. The molecule has 1 fully saturated rings. The third-order valence-electron chi connectivity index (χ3n) is 3.36. The van der Waals surface area contributed by atoms with Gasteiger partial charge in [0, 0.05) is 19.1 Å². The van der Waals surface area contributed by atoms with Gasteiger partial charge in [-0.2, -0.15) is 0 Å². The van der Waals surface area contributed by atoms with Gasteiger partial charge < -0.3 is 14.2 Å². The van der Waals surface area contributed by atoms with E-state index in [1.165, 1.54) is 0 Å². The zero-order valence-electron chi connectivity index (χ0n) is 12.5. The minimum atomic E-state index is -0.432. The van der Waals surface area contributed by atoms with Crippen LogP contribution in [0.2, 0.25) is 0 Å². The van der Waals surface area contributed by atoms with Crippen molar-refractivity contribution in [3.8, 4) is 0 Å². The van der Waals surface area contributed by atoms with Crippen LogP contribution in [0, 0.1) is 0 Å². The molecule has 1 aliphatic carbocycles. The Hall–Kier alpha value is -1.40. The van der Waals surface area contributed by atoms with Crippen LogP contribution >= 0.6 is 0 Å². The number of likely N-dealkylation sites (N-methyl/N-ethyl adjacent to an activating group) is 1. The molecular formula is C14H24N4O2. The van der Waals surface area contributed by atoms with E-state index in [4.69, 9.17) is 4.74 Å². The Bertz CT molecular complexity index is 440. The van der Waals surface area contributed by atoms with Crippen molar-refractivity contribution in [3.63, 3.8) is 0 Å². The van der Waals surface area contributed by atoms with Crippen molar-refractivity contribution in [2.45, 2.75) is 31.8 Å². The molecule has 2 rings (SSSR count). The number of hydrogen-bond donors (Lipinski definition) is 1. The number of imidazole rings is 1. The topological polar surface area (TPSA) is 59.4 Å². The van der Waals surface area contributed by atoms with Crippen LogP contribution in [0.3, 0.4) is 0 Å². The summed E-state index contributed by atoms with van der Waals surface area (Å²) >= 11 is 0. The van der Waals surface area contributed by atoms with E-state index in [-0.39, 0.29) is 5.97 Å². The third-order valence-corrected chi connectivity index (χ3v) is 3.36. The predicted octanol–water partition coefficient (Wildman–Crippen LogP) is 0.973. The monoisotopic (exact) mass is 280 g/mol. The number of ether oxygens (including phenoxy) is 1. The molecule has 0 radical (unpaired) electrons. The Labute approximate surface area is 120 Å². The van der Waals surface area contributed by atoms with Crippen LogP contribution in [-0.4, -0.2) is 54.2 Å². The van der Waals surface area contributed by atoms with Crippen molar-refractivity contribution in [2.24, 2.45) is 0 Å². The molecule has 20 heavy (non-hydrogen) atoms. The molecule has 1 aliphatic rings. The lowest BCUT2D eigenvalue weighted by molar-refractivity contribution is -0.146. The summed E-state index contributed by atoms with van der Waals surface area (Å²) in [5, 5.41) is 3.28. The molecule has 1 atom stereocenters. The quantitative estimate of drug-likeness (QED) is 0.719. The van der Waals surface area contributed by atoms with Gasteiger partial charge in [-0.05, 0) is 33.9 Å². The van der Waals surface area contributed by atoms with E-state index in [0.29, 0.717) is 12.6 Å². The zero-order chi connectivity index (χ0) is 14.5. The van der Waals surface area contributed by atoms with Gasteiger partial charge in [0.15, 0.2) is 0 Å². The fourth-order valence-electron chi connectivity index (χ4n) is 2.16. The Kier molecular flexibility index (Phi) is 5.14. The van der Waals surface area contributed by atoms with Gasteiger partial charge in [0.1, 0.15) is 6.04 Å². The van der Waals surface area contributed by atoms with Crippen molar-refractivity contribution in [1.29, 1.82) is 0 Å². The van der Waals surface area contributed by atoms with E-state index in [1.54, 1.807) is 6.20 Å². The second-order valence-corrected chi connectivity index (χ2v) is 5.40. The Morgan fingerprint density at radius 1 is 1.60 bits per heavy atom. The van der Waals surface area contributed by atoms with E-state index in [0.717, 1.165) is 31.6 Å². The van der Waals surface area contributed by atoms with Gasteiger partial charge in [-0.15, -0.1) is 0 Å². The van der Waals surface area contributed by atoms with Gasteiger partial charge in [-0.1, -0.05) is 0 Å². The van der Waals surface area contributed by atoms with E-state index < -0.39 is 6.04 Å². The SMILES string of the molecule is CCOC(=O)C(NCCN(C)C)c1cncn1C1CC1. The van der Waals surface area contributed by atoms with Crippen molar-refractivity contribution >= 4 is 5.97 Å². The predicted molar refractivity (Wildman–Crippen MR) is 76.4 cm³/mol. The summed E-state index contributed by atoms with van der Waals surface area (Å²) in [6, 6.07) is 0.0677. The summed E-state index contributed by atoms with van der Waals surface area (Å²) in [5.41, 5.74) is 0.907. The Morgan fingerprint density at radius 2 is 2.35 bits per heavy atom. The van der Waals surface area contributed by atoms with Crippen LogP contribution in [0.4, 0.5) is 0 Å². The first-order valence-electron chi connectivity index (χ1n) is 7.20. The van der Waals surface area contributed by atoms with Gasteiger partial charge in [0.2, 0.25) is 0 Å². The molecule has 1 saturated carbocycles. The Balaban J connectivity index is 2.08. The van der Waals surface area contributed by atoms with Crippen LogP contribution in [0.15, 0.2) is 12.5 Å². The van der Waals surface area contributed by atoms with Gasteiger partial charge in [-0.25, -0.2) is 9.78 Å². The fraction of sp³-hybridized carbons (Fsp3) is 0.714. The standard InChI is InChI=1S/C14H24N4O2/c1-4-20-14(19)13(16-7-8-17(2)3)12-9-15-10-18(12)11-5-6-11/h9-11,13,16H,4-8H2,1-3H3. The second-order valence-electron chi connectivity index (χ2n) is 5.40. The molecule has 0 aliphatic heterocycles. The van der Waals surface area contributed by atoms with Crippen molar-refractivity contribution in [3.05, 3.63) is 18.2 Å². The maximum absolute atomic E-state index is 12.2. The van der Waals surface area contributed by atoms with Crippen molar-refractivity contribution < 1.29 is 9.53 Å². The van der Waals surface area contributed by atoms with Crippen molar-refractivity contribution in [1.82, 2.24) is 19.8 Å². The molecule has 0 amide bonds. The molecule has 1 unspecified atom stereocenters. The highest BCUT2D eigenvalue weighted by atomic mass is 16.5. The summed E-state index contributed by atoms with van der Waals surface area (Å²) in [5.74, 6) is -0.228. The number of nitrogens with one attached hydrogen (secondary N) is 1. The molecule has 1 aromatic heterocycles. The first kappa shape index (κ1) is 15.0. The molecule has 0 bridgehead atoms. The van der Waals surface area contributed by atoms with E-state index in [2.05, 4.69) is 19.8 Å². The van der Waals surface area contributed by atoms with Gasteiger partial charge in [0.05, 0.1) is 24.8 Å². The molecule has 6 heteroatoms. The molecule has 112 valence electrons. The number of nitrogens with zero attached hydrogens (tertiary/aromatic N) is 3. The smallest absolute Gasteiger partial charge is 0.329 e. The number of carbonyl (C=O) groups is 1. The molecule has 1 aromatic rings. The largest absolute Gasteiger partial charge is 0.465 e. The normalized spacial score (nSPS) is 16.4. The third kappa shape index (κ3) is 3.80. The first-order chi connectivity index (χ1) is 9.63. The molecule has 0 aromatic carbocycles. The average Bonchev–Trinajstić information content (AvgIpc) is 3.13. The van der Waals surface area contributed by atoms with Gasteiger partial charge in [0.25, 0.3) is 0 Å². The lowest BCUT2D eigenvalue weighted by Crippen LogP contribution is -2.36. The summed E-state index contributed by atoms with van der Waals surface area (Å²) in [7, 11) is 4.02. The van der Waals surface area contributed by atoms with Gasteiger partial charge >= 0.3 is 5.97 Å². The Morgan fingerprint density at radius 3 is 2.95 bits per heavy atom. The first-order valence-corrected chi connectivity index (χ1v) is 7.20. The fourth-order valence-corrected chi connectivity index (χ4v) is 2.16. The minimum absolute atomic E-state index is 0.228. The van der Waals surface area contributed by atoms with Crippen LogP contribution in [0.5, 0.6) is 0 Å². The maximum atomic E-state index is 12.2. The molecule has 0 spiro atoms.